The lowest BCUT2D eigenvalue weighted by atomic mass is 10.2. The highest BCUT2D eigenvalue weighted by Crippen LogP contribution is 2.44. The van der Waals surface area contributed by atoms with Crippen LogP contribution in [-0.4, -0.2) is 17.2 Å². The number of aliphatic hydroxyl groups is 1. The van der Waals surface area contributed by atoms with Gasteiger partial charge in [0.1, 0.15) is 11.1 Å². The van der Waals surface area contributed by atoms with E-state index in [0.717, 1.165) is 15.6 Å². The molecular weight excluding hydrogens is 210 g/mol. The largest absolute Gasteiger partial charge is 0.388 e. The van der Waals surface area contributed by atoms with Crippen LogP contribution in [0.4, 0.5) is 0 Å². The second-order valence-electron chi connectivity index (χ2n) is 4.17. The Hall–Kier alpha value is -0.450. The summed E-state index contributed by atoms with van der Waals surface area (Å²) in [6.45, 7) is 3.73. The van der Waals surface area contributed by atoms with E-state index in [1.54, 1.807) is 25.4 Å². The molecule has 1 N–H and O–H groups in total. The SMILES string of the molecule is COC(c1nc(C)c(C(C)O)s1)C1CC1. The van der Waals surface area contributed by atoms with Crippen LogP contribution in [0, 0.1) is 12.8 Å². The third kappa shape index (κ3) is 2.22. The van der Waals surface area contributed by atoms with Gasteiger partial charge in [0, 0.05) is 7.11 Å². The summed E-state index contributed by atoms with van der Waals surface area (Å²) in [7, 11) is 1.74. The van der Waals surface area contributed by atoms with Crippen LogP contribution < -0.4 is 0 Å². The number of hydrogen-bond acceptors (Lipinski definition) is 4. The number of hydrogen-bond donors (Lipinski definition) is 1. The molecule has 1 aliphatic carbocycles. The van der Waals surface area contributed by atoms with Crippen molar-refractivity contribution in [1.29, 1.82) is 0 Å². The summed E-state index contributed by atoms with van der Waals surface area (Å²) in [4.78, 5) is 5.46. The molecule has 0 saturated heterocycles. The number of thiazole rings is 1. The first kappa shape index (κ1) is 11.0. The maximum atomic E-state index is 9.56. The molecule has 1 saturated carbocycles. The predicted octanol–water partition coefficient (Wildman–Crippen LogP) is 2.60. The van der Waals surface area contributed by atoms with Gasteiger partial charge in [0.2, 0.25) is 0 Å². The van der Waals surface area contributed by atoms with E-state index >= 15 is 0 Å². The average molecular weight is 227 g/mol. The Morgan fingerprint density at radius 2 is 2.20 bits per heavy atom. The first-order valence-corrected chi connectivity index (χ1v) is 6.13. The summed E-state index contributed by atoms with van der Waals surface area (Å²) >= 11 is 1.58. The fourth-order valence-corrected chi connectivity index (χ4v) is 3.01. The average Bonchev–Trinajstić information content (AvgIpc) is 2.91. The van der Waals surface area contributed by atoms with Crippen molar-refractivity contribution in [2.45, 2.75) is 38.9 Å². The maximum absolute atomic E-state index is 9.56. The number of rotatable bonds is 4. The van der Waals surface area contributed by atoms with Gasteiger partial charge in [-0.05, 0) is 32.6 Å². The van der Waals surface area contributed by atoms with Gasteiger partial charge in [-0.2, -0.15) is 0 Å². The lowest BCUT2D eigenvalue weighted by Gasteiger charge is -2.10. The Labute approximate surface area is 94.1 Å². The third-order valence-corrected chi connectivity index (χ3v) is 4.17. The smallest absolute Gasteiger partial charge is 0.122 e. The molecule has 0 amide bonds. The van der Waals surface area contributed by atoms with E-state index in [9.17, 15) is 5.11 Å². The van der Waals surface area contributed by atoms with Gasteiger partial charge in [-0.15, -0.1) is 11.3 Å². The minimum atomic E-state index is -0.423. The summed E-state index contributed by atoms with van der Waals surface area (Å²) in [5.41, 5.74) is 0.938. The third-order valence-electron chi connectivity index (χ3n) is 2.78. The summed E-state index contributed by atoms with van der Waals surface area (Å²) in [6.07, 6.45) is 2.19. The Kier molecular flexibility index (Phi) is 3.09. The van der Waals surface area contributed by atoms with E-state index in [1.165, 1.54) is 12.8 Å². The molecule has 3 nitrogen and oxygen atoms in total. The van der Waals surface area contributed by atoms with Gasteiger partial charge in [0.25, 0.3) is 0 Å². The number of aliphatic hydroxyl groups excluding tert-OH is 1. The van der Waals surface area contributed by atoms with Crippen molar-refractivity contribution in [2.24, 2.45) is 5.92 Å². The molecular formula is C11H17NO2S. The van der Waals surface area contributed by atoms with Gasteiger partial charge in [0.05, 0.1) is 16.7 Å². The molecule has 1 fully saturated rings. The number of aryl methyl sites for hydroxylation is 1. The fourth-order valence-electron chi connectivity index (χ4n) is 1.83. The molecule has 2 rings (SSSR count). The van der Waals surface area contributed by atoms with Crippen LogP contribution in [-0.2, 0) is 4.74 Å². The van der Waals surface area contributed by atoms with Crippen LogP contribution in [0.2, 0.25) is 0 Å². The van der Waals surface area contributed by atoms with Crippen LogP contribution >= 0.6 is 11.3 Å². The van der Waals surface area contributed by atoms with Crippen molar-refractivity contribution in [3.8, 4) is 0 Å². The van der Waals surface area contributed by atoms with Crippen molar-refractivity contribution in [1.82, 2.24) is 4.98 Å². The first-order chi connectivity index (χ1) is 7.13. The summed E-state index contributed by atoms with van der Waals surface area (Å²) in [6, 6.07) is 0. The minimum Gasteiger partial charge on any atom is -0.388 e. The van der Waals surface area contributed by atoms with Crippen LogP contribution in [0.3, 0.4) is 0 Å². The second-order valence-corrected chi connectivity index (χ2v) is 5.23. The van der Waals surface area contributed by atoms with E-state index < -0.39 is 6.10 Å². The molecule has 0 radical (unpaired) electrons. The van der Waals surface area contributed by atoms with Crippen molar-refractivity contribution in [3.63, 3.8) is 0 Å². The lowest BCUT2D eigenvalue weighted by molar-refractivity contribution is 0.0843. The van der Waals surface area contributed by atoms with E-state index in [4.69, 9.17) is 4.74 Å². The van der Waals surface area contributed by atoms with Crippen molar-refractivity contribution < 1.29 is 9.84 Å². The molecule has 1 heterocycles. The predicted molar refractivity (Wildman–Crippen MR) is 60.0 cm³/mol. The van der Waals surface area contributed by atoms with Crippen LogP contribution in [0.15, 0.2) is 0 Å². The van der Waals surface area contributed by atoms with Gasteiger partial charge < -0.3 is 9.84 Å². The van der Waals surface area contributed by atoms with Crippen molar-refractivity contribution in [2.75, 3.05) is 7.11 Å². The van der Waals surface area contributed by atoms with Crippen LogP contribution in [0.5, 0.6) is 0 Å². The van der Waals surface area contributed by atoms with Crippen LogP contribution in [0.1, 0.15) is 47.6 Å². The monoisotopic (exact) mass is 227 g/mol. The molecule has 4 heteroatoms. The van der Waals surface area contributed by atoms with Gasteiger partial charge in [-0.3, -0.25) is 0 Å². The molecule has 0 aromatic carbocycles. The number of ether oxygens (including phenoxy) is 1. The quantitative estimate of drug-likeness (QED) is 0.859. The van der Waals surface area contributed by atoms with Gasteiger partial charge in [-0.25, -0.2) is 4.98 Å². The molecule has 1 aromatic heterocycles. The van der Waals surface area contributed by atoms with Crippen molar-refractivity contribution in [3.05, 3.63) is 15.6 Å². The topological polar surface area (TPSA) is 42.4 Å². The molecule has 0 spiro atoms. The number of aromatic nitrogens is 1. The van der Waals surface area contributed by atoms with Gasteiger partial charge in [0.15, 0.2) is 0 Å². The zero-order valence-electron chi connectivity index (χ0n) is 9.36. The molecule has 1 aliphatic rings. The highest BCUT2D eigenvalue weighted by Gasteiger charge is 2.34. The standard InChI is InChI=1S/C11H17NO2S/c1-6-10(7(2)13)15-11(12-6)9(14-3)8-4-5-8/h7-9,13H,4-5H2,1-3H3. The van der Waals surface area contributed by atoms with Gasteiger partial charge in [-0.1, -0.05) is 0 Å². The Balaban J connectivity index is 2.23. The molecule has 2 unspecified atom stereocenters. The molecule has 1 aromatic rings. The highest BCUT2D eigenvalue weighted by molar-refractivity contribution is 7.11. The number of nitrogens with zero attached hydrogens (tertiary/aromatic N) is 1. The van der Waals surface area contributed by atoms with E-state index in [1.807, 2.05) is 6.92 Å². The Bertz CT molecular complexity index is 344. The highest BCUT2D eigenvalue weighted by atomic mass is 32.1. The van der Waals surface area contributed by atoms with E-state index in [0.29, 0.717) is 5.92 Å². The summed E-state index contributed by atoms with van der Waals surface area (Å²) in [5, 5.41) is 10.6. The second kappa shape index (κ2) is 4.20. The lowest BCUT2D eigenvalue weighted by Crippen LogP contribution is -2.02. The molecule has 84 valence electrons. The molecule has 15 heavy (non-hydrogen) atoms. The van der Waals surface area contributed by atoms with E-state index in [-0.39, 0.29) is 6.10 Å². The summed E-state index contributed by atoms with van der Waals surface area (Å²) in [5.74, 6) is 0.641. The Morgan fingerprint density at radius 3 is 2.60 bits per heavy atom. The molecule has 0 aliphatic heterocycles. The van der Waals surface area contributed by atoms with Crippen LogP contribution in [0.25, 0.3) is 0 Å². The molecule has 0 bridgehead atoms. The first-order valence-electron chi connectivity index (χ1n) is 5.31. The zero-order valence-corrected chi connectivity index (χ0v) is 10.2. The normalized spacial score (nSPS) is 20.3. The van der Waals surface area contributed by atoms with Gasteiger partial charge >= 0.3 is 0 Å². The minimum absolute atomic E-state index is 0.140. The number of methoxy groups -OCH3 is 1. The van der Waals surface area contributed by atoms with Crippen molar-refractivity contribution >= 4 is 11.3 Å². The zero-order chi connectivity index (χ0) is 11.0. The van der Waals surface area contributed by atoms with E-state index in [2.05, 4.69) is 4.98 Å². The Morgan fingerprint density at radius 1 is 1.53 bits per heavy atom. The maximum Gasteiger partial charge on any atom is 0.122 e. The fraction of sp³-hybridized carbons (Fsp3) is 0.727. The summed E-state index contributed by atoms with van der Waals surface area (Å²) < 4.78 is 5.47. The molecule has 2 atom stereocenters.